The van der Waals surface area contributed by atoms with Gasteiger partial charge < -0.3 is 10.2 Å². The highest BCUT2D eigenvalue weighted by molar-refractivity contribution is 6.31. The summed E-state index contributed by atoms with van der Waals surface area (Å²) in [5.41, 5.74) is 3.62. The number of fused-ring (bicyclic) bond motifs is 1. The van der Waals surface area contributed by atoms with Crippen molar-refractivity contribution in [2.24, 2.45) is 0 Å². The normalized spacial score (nSPS) is 15.5. The number of anilines is 2. The molecule has 1 amide bonds. The van der Waals surface area contributed by atoms with Gasteiger partial charge in [0, 0.05) is 29.4 Å². The van der Waals surface area contributed by atoms with E-state index >= 15 is 0 Å². The maximum atomic E-state index is 12.6. The van der Waals surface area contributed by atoms with Crippen LogP contribution in [0.5, 0.6) is 0 Å². The standard InChI is InChI=1S/C21H19ClN4O/c1-14-10-15-6-3-5-9-19(15)26(14)20-11-18(24-13-25-20)21(27)23-12-16-7-2-4-8-17(16)22/h2-9,11,13-14H,10,12H2,1H3,(H,23,27). The largest absolute Gasteiger partial charge is 0.347 e. The summed E-state index contributed by atoms with van der Waals surface area (Å²) >= 11 is 6.15. The van der Waals surface area contributed by atoms with Gasteiger partial charge in [-0.3, -0.25) is 4.79 Å². The van der Waals surface area contributed by atoms with E-state index in [1.807, 2.05) is 30.3 Å². The van der Waals surface area contributed by atoms with Gasteiger partial charge in [0.25, 0.3) is 5.91 Å². The molecule has 0 fully saturated rings. The number of carbonyl (C=O) groups is 1. The lowest BCUT2D eigenvalue weighted by Gasteiger charge is -2.23. The van der Waals surface area contributed by atoms with Crippen LogP contribution in [-0.4, -0.2) is 21.9 Å². The topological polar surface area (TPSA) is 58.1 Å². The van der Waals surface area contributed by atoms with Crippen molar-refractivity contribution in [1.82, 2.24) is 15.3 Å². The van der Waals surface area contributed by atoms with Crippen molar-refractivity contribution in [2.75, 3.05) is 4.90 Å². The van der Waals surface area contributed by atoms with Crippen LogP contribution in [-0.2, 0) is 13.0 Å². The number of halogens is 1. The third kappa shape index (κ3) is 3.51. The summed E-state index contributed by atoms with van der Waals surface area (Å²) in [7, 11) is 0. The van der Waals surface area contributed by atoms with Crippen molar-refractivity contribution in [1.29, 1.82) is 0 Å². The Hall–Kier alpha value is -2.92. The summed E-state index contributed by atoms with van der Waals surface area (Å²) in [5.74, 6) is 0.476. The van der Waals surface area contributed by atoms with Gasteiger partial charge in [-0.1, -0.05) is 48.0 Å². The molecule has 0 saturated heterocycles. The first-order valence-electron chi connectivity index (χ1n) is 8.84. The minimum absolute atomic E-state index is 0.251. The molecule has 2 heterocycles. The van der Waals surface area contributed by atoms with Gasteiger partial charge in [-0.05, 0) is 36.6 Å². The van der Waals surface area contributed by atoms with E-state index < -0.39 is 0 Å². The van der Waals surface area contributed by atoms with E-state index in [1.54, 1.807) is 12.1 Å². The van der Waals surface area contributed by atoms with Crippen LogP contribution < -0.4 is 10.2 Å². The SMILES string of the molecule is CC1Cc2ccccc2N1c1cc(C(=O)NCc2ccccc2Cl)ncn1. The molecule has 5 nitrogen and oxygen atoms in total. The highest BCUT2D eigenvalue weighted by Crippen LogP contribution is 2.37. The Balaban J connectivity index is 1.54. The first-order chi connectivity index (χ1) is 13.1. The lowest BCUT2D eigenvalue weighted by atomic mass is 10.1. The summed E-state index contributed by atoms with van der Waals surface area (Å²) in [4.78, 5) is 23.3. The van der Waals surface area contributed by atoms with Gasteiger partial charge in [-0.15, -0.1) is 0 Å². The average molecular weight is 379 g/mol. The molecule has 0 saturated carbocycles. The summed E-state index contributed by atoms with van der Waals surface area (Å²) in [6.07, 6.45) is 2.39. The van der Waals surface area contributed by atoms with E-state index in [-0.39, 0.29) is 11.9 Å². The van der Waals surface area contributed by atoms with Gasteiger partial charge in [0.2, 0.25) is 0 Å². The van der Waals surface area contributed by atoms with Crippen molar-refractivity contribution in [3.63, 3.8) is 0 Å². The molecule has 4 rings (SSSR count). The monoisotopic (exact) mass is 378 g/mol. The van der Waals surface area contributed by atoms with Crippen LogP contribution in [0.25, 0.3) is 0 Å². The van der Waals surface area contributed by atoms with Crippen molar-refractivity contribution in [2.45, 2.75) is 25.9 Å². The van der Waals surface area contributed by atoms with Crippen LogP contribution in [0, 0.1) is 0 Å². The molecule has 3 aromatic rings. The van der Waals surface area contributed by atoms with E-state index in [9.17, 15) is 4.79 Å². The molecule has 1 unspecified atom stereocenters. The second-order valence-electron chi connectivity index (χ2n) is 6.59. The predicted octanol–water partition coefficient (Wildman–Crippen LogP) is 4.14. The van der Waals surface area contributed by atoms with Gasteiger partial charge in [0.15, 0.2) is 0 Å². The molecule has 1 N–H and O–H groups in total. The van der Waals surface area contributed by atoms with Crippen molar-refractivity contribution in [3.8, 4) is 0 Å². The number of nitrogens with zero attached hydrogens (tertiary/aromatic N) is 3. The summed E-state index contributed by atoms with van der Waals surface area (Å²) in [6.45, 7) is 2.50. The van der Waals surface area contributed by atoms with Gasteiger partial charge in [0.05, 0.1) is 0 Å². The number of carbonyl (C=O) groups excluding carboxylic acids is 1. The number of benzene rings is 2. The number of rotatable bonds is 4. The molecule has 1 aliphatic heterocycles. The van der Waals surface area contributed by atoms with Crippen LogP contribution in [0.2, 0.25) is 5.02 Å². The maximum Gasteiger partial charge on any atom is 0.270 e. The molecule has 0 aliphatic carbocycles. The number of hydrogen-bond acceptors (Lipinski definition) is 4. The number of aromatic nitrogens is 2. The molecule has 0 spiro atoms. The van der Waals surface area contributed by atoms with Crippen LogP contribution >= 0.6 is 11.6 Å². The van der Waals surface area contributed by atoms with Crippen LogP contribution in [0.1, 0.15) is 28.5 Å². The average Bonchev–Trinajstić information content (AvgIpc) is 3.03. The third-order valence-electron chi connectivity index (χ3n) is 4.74. The zero-order valence-electron chi connectivity index (χ0n) is 14.9. The van der Waals surface area contributed by atoms with Crippen molar-refractivity contribution >= 4 is 29.0 Å². The smallest absolute Gasteiger partial charge is 0.270 e. The van der Waals surface area contributed by atoms with E-state index in [4.69, 9.17) is 11.6 Å². The molecule has 1 aliphatic rings. The molecule has 0 bridgehead atoms. The fourth-order valence-electron chi connectivity index (χ4n) is 3.43. The fraction of sp³-hybridized carbons (Fsp3) is 0.190. The van der Waals surface area contributed by atoms with Gasteiger partial charge in [-0.2, -0.15) is 0 Å². The molecule has 136 valence electrons. The van der Waals surface area contributed by atoms with Gasteiger partial charge in [0.1, 0.15) is 17.8 Å². The minimum Gasteiger partial charge on any atom is -0.347 e. The van der Waals surface area contributed by atoms with Crippen LogP contribution in [0.3, 0.4) is 0 Å². The first-order valence-corrected chi connectivity index (χ1v) is 9.22. The fourth-order valence-corrected chi connectivity index (χ4v) is 3.63. The van der Waals surface area contributed by atoms with Gasteiger partial charge in [-0.25, -0.2) is 9.97 Å². The Morgan fingerprint density at radius 1 is 1.19 bits per heavy atom. The highest BCUT2D eigenvalue weighted by atomic mass is 35.5. The van der Waals surface area contributed by atoms with Crippen molar-refractivity contribution < 1.29 is 4.79 Å². The Morgan fingerprint density at radius 2 is 1.96 bits per heavy atom. The van der Waals surface area contributed by atoms with Crippen LogP contribution in [0.4, 0.5) is 11.5 Å². The zero-order chi connectivity index (χ0) is 18.8. The number of amides is 1. The minimum atomic E-state index is -0.251. The molecular weight excluding hydrogens is 360 g/mol. The quantitative estimate of drug-likeness (QED) is 0.741. The number of nitrogens with one attached hydrogen (secondary N) is 1. The third-order valence-corrected chi connectivity index (χ3v) is 5.11. The molecule has 27 heavy (non-hydrogen) atoms. The summed E-state index contributed by atoms with van der Waals surface area (Å²) < 4.78 is 0. The van der Waals surface area contributed by atoms with Gasteiger partial charge >= 0.3 is 0 Å². The Labute approximate surface area is 163 Å². The Kier molecular flexibility index (Phi) is 4.77. The molecular formula is C21H19ClN4O. The Morgan fingerprint density at radius 3 is 2.81 bits per heavy atom. The lowest BCUT2D eigenvalue weighted by molar-refractivity contribution is 0.0946. The molecule has 1 atom stereocenters. The molecule has 1 aromatic heterocycles. The number of para-hydroxylation sites is 1. The van der Waals surface area contributed by atoms with Crippen molar-refractivity contribution in [3.05, 3.63) is 82.8 Å². The number of hydrogen-bond donors (Lipinski definition) is 1. The molecule has 2 aromatic carbocycles. The first kappa shape index (κ1) is 17.5. The second-order valence-corrected chi connectivity index (χ2v) is 6.99. The Bertz CT molecular complexity index is 991. The van der Waals surface area contributed by atoms with E-state index in [0.717, 1.165) is 23.5 Å². The molecule has 0 radical (unpaired) electrons. The summed E-state index contributed by atoms with van der Waals surface area (Å²) in [6, 6.07) is 17.7. The van der Waals surface area contributed by atoms with E-state index in [2.05, 4.69) is 39.2 Å². The zero-order valence-corrected chi connectivity index (χ0v) is 15.6. The second kappa shape index (κ2) is 7.37. The van der Waals surface area contributed by atoms with E-state index in [1.165, 1.54) is 11.9 Å². The lowest BCUT2D eigenvalue weighted by Crippen LogP contribution is -2.27. The van der Waals surface area contributed by atoms with Crippen LogP contribution in [0.15, 0.2) is 60.9 Å². The highest BCUT2D eigenvalue weighted by Gasteiger charge is 2.28. The molecule has 6 heteroatoms. The predicted molar refractivity (Wildman–Crippen MR) is 106 cm³/mol. The van der Waals surface area contributed by atoms with E-state index in [0.29, 0.717) is 17.3 Å². The summed E-state index contributed by atoms with van der Waals surface area (Å²) in [5, 5.41) is 3.50. The maximum absolute atomic E-state index is 12.6.